The molecule has 0 aromatic heterocycles. The van der Waals surface area contributed by atoms with Crippen LogP contribution in [0.5, 0.6) is 0 Å². The third-order valence-electron chi connectivity index (χ3n) is 2.79. The van der Waals surface area contributed by atoms with Crippen LogP contribution in [0.2, 0.25) is 0 Å². The van der Waals surface area contributed by atoms with Crippen molar-refractivity contribution in [1.82, 2.24) is 0 Å². The molecule has 0 aromatic carbocycles. The molecule has 0 saturated carbocycles. The normalized spacial score (nSPS) is 23.9. The molecule has 0 aromatic rings. The molecular formula is C13H24S. The van der Waals surface area contributed by atoms with Crippen molar-refractivity contribution >= 4 is 11.8 Å². The third-order valence-corrected chi connectivity index (χ3v) is 4.15. The van der Waals surface area contributed by atoms with E-state index in [1.54, 1.807) is 5.57 Å². The average molecular weight is 212 g/mol. The van der Waals surface area contributed by atoms with Crippen LogP contribution in [0, 0.1) is 5.41 Å². The van der Waals surface area contributed by atoms with Gasteiger partial charge in [0.1, 0.15) is 0 Å². The van der Waals surface area contributed by atoms with Crippen LogP contribution in [-0.2, 0) is 0 Å². The lowest BCUT2D eigenvalue weighted by Crippen LogP contribution is -2.17. The van der Waals surface area contributed by atoms with E-state index in [1.165, 1.54) is 19.3 Å². The first-order chi connectivity index (χ1) is 6.39. The van der Waals surface area contributed by atoms with Crippen molar-refractivity contribution in [3.63, 3.8) is 0 Å². The maximum Gasteiger partial charge on any atom is 0.00872 e. The molecule has 0 amide bonds. The van der Waals surface area contributed by atoms with E-state index in [0.29, 0.717) is 5.41 Å². The molecular weight excluding hydrogens is 188 g/mol. The Morgan fingerprint density at radius 1 is 1.36 bits per heavy atom. The van der Waals surface area contributed by atoms with Crippen molar-refractivity contribution in [2.24, 2.45) is 5.41 Å². The van der Waals surface area contributed by atoms with Gasteiger partial charge >= 0.3 is 0 Å². The minimum Gasteiger partial charge on any atom is -0.155 e. The minimum atomic E-state index is 0.396. The minimum absolute atomic E-state index is 0.396. The van der Waals surface area contributed by atoms with Gasteiger partial charge in [0.25, 0.3) is 0 Å². The standard InChI is InChI=1S/C13H24S/c1-10(2)14-12-8-6-11(7-9-12)13(3,4)5/h6,10,12H,7-9H2,1-5H3. The Morgan fingerprint density at radius 2 is 2.00 bits per heavy atom. The van der Waals surface area contributed by atoms with Gasteiger partial charge in [-0.15, -0.1) is 0 Å². The number of hydrogen-bond acceptors (Lipinski definition) is 1. The molecule has 0 bridgehead atoms. The molecule has 14 heavy (non-hydrogen) atoms. The van der Waals surface area contributed by atoms with Crippen molar-refractivity contribution in [3.8, 4) is 0 Å². The van der Waals surface area contributed by atoms with E-state index < -0.39 is 0 Å². The van der Waals surface area contributed by atoms with Gasteiger partial charge in [0.15, 0.2) is 0 Å². The predicted molar refractivity (Wildman–Crippen MR) is 67.9 cm³/mol. The lowest BCUT2D eigenvalue weighted by atomic mass is 9.80. The summed E-state index contributed by atoms with van der Waals surface area (Å²) in [5.41, 5.74) is 2.06. The van der Waals surface area contributed by atoms with Crippen LogP contribution in [0.25, 0.3) is 0 Å². The van der Waals surface area contributed by atoms with Crippen LogP contribution in [0.15, 0.2) is 11.6 Å². The van der Waals surface area contributed by atoms with Gasteiger partial charge in [0.2, 0.25) is 0 Å². The summed E-state index contributed by atoms with van der Waals surface area (Å²) in [4.78, 5) is 0. The molecule has 1 aliphatic carbocycles. The lowest BCUT2D eigenvalue weighted by molar-refractivity contribution is 0.462. The fourth-order valence-electron chi connectivity index (χ4n) is 2.00. The molecule has 0 spiro atoms. The molecule has 0 aliphatic heterocycles. The Morgan fingerprint density at radius 3 is 2.36 bits per heavy atom. The van der Waals surface area contributed by atoms with Crippen LogP contribution in [0.3, 0.4) is 0 Å². The molecule has 0 fully saturated rings. The Bertz CT molecular complexity index is 208. The van der Waals surface area contributed by atoms with E-state index in [0.717, 1.165) is 10.5 Å². The highest BCUT2D eigenvalue weighted by Gasteiger charge is 2.22. The zero-order valence-electron chi connectivity index (χ0n) is 10.3. The molecule has 0 saturated heterocycles. The highest BCUT2D eigenvalue weighted by Crippen LogP contribution is 2.37. The Hall–Kier alpha value is 0.0900. The molecule has 0 N–H and O–H groups in total. The van der Waals surface area contributed by atoms with Crippen molar-refractivity contribution < 1.29 is 0 Å². The zero-order chi connectivity index (χ0) is 10.8. The van der Waals surface area contributed by atoms with Gasteiger partial charge in [-0.05, 0) is 29.9 Å². The molecule has 1 heteroatoms. The van der Waals surface area contributed by atoms with Gasteiger partial charge in [-0.25, -0.2) is 0 Å². The summed E-state index contributed by atoms with van der Waals surface area (Å²) in [5.74, 6) is 0. The molecule has 1 atom stereocenters. The van der Waals surface area contributed by atoms with E-state index in [9.17, 15) is 0 Å². The zero-order valence-corrected chi connectivity index (χ0v) is 11.1. The number of thioether (sulfide) groups is 1. The predicted octanol–water partition coefficient (Wildman–Crippen LogP) is 4.65. The van der Waals surface area contributed by atoms with Crippen LogP contribution >= 0.6 is 11.8 Å². The average Bonchev–Trinajstić information content (AvgIpc) is 2.02. The van der Waals surface area contributed by atoms with Crippen molar-refractivity contribution in [2.45, 2.75) is 64.4 Å². The van der Waals surface area contributed by atoms with E-state index >= 15 is 0 Å². The second-order valence-electron chi connectivity index (χ2n) is 5.56. The number of hydrogen-bond donors (Lipinski definition) is 0. The van der Waals surface area contributed by atoms with E-state index in [-0.39, 0.29) is 0 Å². The first-order valence-electron chi connectivity index (χ1n) is 5.74. The molecule has 0 radical (unpaired) electrons. The Labute approximate surface area is 93.5 Å². The quantitative estimate of drug-likeness (QED) is 0.600. The summed E-state index contributed by atoms with van der Waals surface area (Å²) < 4.78 is 0. The number of rotatable bonds is 2. The summed E-state index contributed by atoms with van der Waals surface area (Å²) in [6.45, 7) is 11.6. The van der Waals surface area contributed by atoms with Crippen LogP contribution < -0.4 is 0 Å². The van der Waals surface area contributed by atoms with Crippen molar-refractivity contribution in [3.05, 3.63) is 11.6 Å². The Kier molecular flexibility index (Phi) is 4.12. The summed E-state index contributed by atoms with van der Waals surface area (Å²) in [7, 11) is 0. The molecule has 1 aliphatic rings. The van der Waals surface area contributed by atoms with Gasteiger partial charge in [-0.3, -0.25) is 0 Å². The first kappa shape index (κ1) is 12.2. The summed E-state index contributed by atoms with van der Waals surface area (Å²) in [5, 5.41) is 1.66. The highest BCUT2D eigenvalue weighted by molar-refractivity contribution is 8.00. The van der Waals surface area contributed by atoms with Crippen molar-refractivity contribution in [2.75, 3.05) is 0 Å². The smallest absolute Gasteiger partial charge is 0.00872 e. The lowest BCUT2D eigenvalue weighted by Gasteiger charge is -2.30. The Balaban J connectivity index is 2.47. The molecule has 82 valence electrons. The highest BCUT2D eigenvalue weighted by atomic mass is 32.2. The monoisotopic (exact) mass is 212 g/mol. The van der Waals surface area contributed by atoms with Crippen LogP contribution in [0.1, 0.15) is 53.9 Å². The summed E-state index contributed by atoms with van der Waals surface area (Å²) in [6.07, 6.45) is 6.47. The van der Waals surface area contributed by atoms with Crippen LogP contribution in [0.4, 0.5) is 0 Å². The van der Waals surface area contributed by atoms with E-state index in [1.807, 2.05) is 0 Å². The molecule has 0 heterocycles. The van der Waals surface area contributed by atoms with Gasteiger partial charge in [-0.1, -0.05) is 46.3 Å². The summed E-state index contributed by atoms with van der Waals surface area (Å²) >= 11 is 2.14. The largest absolute Gasteiger partial charge is 0.155 e. The maximum absolute atomic E-state index is 2.49. The van der Waals surface area contributed by atoms with Crippen LogP contribution in [-0.4, -0.2) is 10.5 Å². The molecule has 1 rings (SSSR count). The fraction of sp³-hybridized carbons (Fsp3) is 0.846. The van der Waals surface area contributed by atoms with Crippen molar-refractivity contribution in [1.29, 1.82) is 0 Å². The van der Waals surface area contributed by atoms with Gasteiger partial charge < -0.3 is 0 Å². The molecule has 1 unspecified atom stereocenters. The SMILES string of the molecule is CC(C)SC1CC=C(C(C)(C)C)CC1. The maximum atomic E-state index is 2.49. The van der Waals surface area contributed by atoms with E-state index in [2.05, 4.69) is 52.5 Å². The topological polar surface area (TPSA) is 0 Å². The van der Waals surface area contributed by atoms with E-state index in [4.69, 9.17) is 0 Å². The fourth-order valence-corrected chi connectivity index (χ4v) is 3.23. The summed E-state index contributed by atoms with van der Waals surface area (Å²) in [6, 6.07) is 0. The third kappa shape index (κ3) is 3.68. The second kappa shape index (κ2) is 4.74. The van der Waals surface area contributed by atoms with Gasteiger partial charge in [0, 0.05) is 5.25 Å². The molecule has 0 nitrogen and oxygen atoms in total. The number of allylic oxidation sites excluding steroid dienone is 2. The second-order valence-corrected chi connectivity index (χ2v) is 7.44. The first-order valence-corrected chi connectivity index (χ1v) is 6.69. The van der Waals surface area contributed by atoms with Gasteiger partial charge in [0.05, 0.1) is 0 Å². The van der Waals surface area contributed by atoms with Gasteiger partial charge in [-0.2, -0.15) is 11.8 Å².